The fourth-order valence-corrected chi connectivity index (χ4v) is 2.47. The molecule has 0 atom stereocenters. The summed E-state index contributed by atoms with van der Waals surface area (Å²) in [5, 5.41) is 0. The SMILES string of the molecule is CC(=O)c1ccc(N2C(=O)Cc3ccccc3C2=O)cc1. The van der Waals surface area contributed by atoms with Crippen LogP contribution in [0.25, 0.3) is 0 Å². The van der Waals surface area contributed by atoms with E-state index in [1.165, 1.54) is 11.8 Å². The second-order valence-corrected chi connectivity index (χ2v) is 4.97. The van der Waals surface area contributed by atoms with E-state index in [9.17, 15) is 14.4 Å². The number of rotatable bonds is 2. The van der Waals surface area contributed by atoms with Crippen molar-refractivity contribution < 1.29 is 14.4 Å². The molecule has 2 aromatic rings. The van der Waals surface area contributed by atoms with Crippen molar-refractivity contribution >= 4 is 23.3 Å². The standard InChI is InChI=1S/C17H13NO3/c1-11(19)12-6-8-14(9-7-12)18-16(20)10-13-4-2-3-5-15(13)17(18)21/h2-9H,10H2,1H3. The van der Waals surface area contributed by atoms with Crippen molar-refractivity contribution in [2.75, 3.05) is 4.90 Å². The average molecular weight is 279 g/mol. The lowest BCUT2D eigenvalue weighted by atomic mass is 9.98. The van der Waals surface area contributed by atoms with Crippen LogP contribution in [0, 0.1) is 0 Å². The van der Waals surface area contributed by atoms with Crippen molar-refractivity contribution in [2.24, 2.45) is 0 Å². The number of Topliss-reactive ketones (excluding diaryl/α,β-unsaturated/α-hetero) is 1. The van der Waals surface area contributed by atoms with Gasteiger partial charge in [0.05, 0.1) is 12.1 Å². The molecular weight excluding hydrogens is 266 g/mol. The van der Waals surface area contributed by atoms with Crippen molar-refractivity contribution in [1.82, 2.24) is 0 Å². The predicted molar refractivity (Wildman–Crippen MR) is 78.4 cm³/mol. The Labute approximate surface area is 122 Å². The Balaban J connectivity index is 2.01. The molecule has 2 amide bonds. The molecule has 0 saturated heterocycles. The summed E-state index contributed by atoms with van der Waals surface area (Å²) in [7, 11) is 0. The van der Waals surface area contributed by atoms with Gasteiger partial charge in [-0.1, -0.05) is 18.2 Å². The molecule has 0 aromatic heterocycles. The fraction of sp³-hybridized carbons (Fsp3) is 0.118. The van der Waals surface area contributed by atoms with E-state index in [1.807, 2.05) is 6.07 Å². The van der Waals surface area contributed by atoms with Crippen molar-refractivity contribution in [2.45, 2.75) is 13.3 Å². The number of anilines is 1. The molecule has 1 heterocycles. The Hall–Kier alpha value is -2.75. The zero-order valence-corrected chi connectivity index (χ0v) is 11.5. The number of fused-ring (bicyclic) bond motifs is 1. The molecule has 0 saturated carbocycles. The third-order valence-electron chi connectivity index (χ3n) is 3.57. The summed E-state index contributed by atoms with van der Waals surface area (Å²) in [5.41, 5.74) is 2.34. The van der Waals surface area contributed by atoms with Crippen LogP contribution < -0.4 is 4.90 Å². The number of ketones is 1. The van der Waals surface area contributed by atoms with Gasteiger partial charge in [0.2, 0.25) is 5.91 Å². The van der Waals surface area contributed by atoms with Crippen LogP contribution in [0.1, 0.15) is 33.2 Å². The van der Waals surface area contributed by atoms with E-state index in [4.69, 9.17) is 0 Å². The zero-order chi connectivity index (χ0) is 15.0. The Morgan fingerprint density at radius 2 is 1.67 bits per heavy atom. The molecule has 0 spiro atoms. The van der Waals surface area contributed by atoms with E-state index in [0.717, 1.165) is 5.56 Å². The maximum atomic E-state index is 12.5. The molecule has 1 aliphatic rings. The third-order valence-corrected chi connectivity index (χ3v) is 3.57. The minimum Gasteiger partial charge on any atom is -0.295 e. The van der Waals surface area contributed by atoms with Gasteiger partial charge in [-0.3, -0.25) is 14.4 Å². The second kappa shape index (κ2) is 4.98. The van der Waals surface area contributed by atoms with Crippen molar-refractivity contribution in [3.8, 4) is 0 Å². The Bertz CT molecular complexity index is 747. The fourth-order valence-electron chi connectivity index (χ4n) is 2.47. The lowest BCUT2D eigenvalue weighted by molar-refractivity contribution is -0.117. The monoisotopic (exact) mass is 279 g/mol. The molecule has 21 heavy (non-hydrogen) atoms. The van der Waals surface area contributed by atoms with Gasteiger partial charge in [0.25, 0.3) is 5.91 Å². The molecular formula is C17H13NO3. The highest BCUT2D eigenvalue weighted by atomic mass is 16.2. The van der Waals surface area contributed by atoms with Gasteiger partial charge in [-0.2, -0.15) is 0 Å². The molecule has 2 aromatic carbocycles. The minimum atomic E-state index is -0.322. The van der Waals surface area contributed by atoms with E-state index in [0.29, 0.717) is 16.8 Å². The molecule has 0 fully saturated rings. The van der Waals surface area contributed by atoms with Crippen molar-refractivity contribution in [3.63, 3.8) is 0 Å². The van der Waals surface area contributed by atoms with Gasteiger partial charge < -0.3 is 0 Å². The zero-order valence-electron chi connectivity index (χ0n) is 11.5. The third kappa shape index (κ3) is 2.25. The van der Waals surface area contributed by atoms with Gasteiger partial charge >= 0.3 is 0 Å². The van der Waals surface area contributed by atoms with Crippen LogP contribution in [0.15, 0.2) is 48.5 Å². The summed E-state index contributed by atoms with van der Waals surface area (Å²) < 4.78 is 0. The number of benzene rings is 2. The summed E-state index contributed by atoms with van der Waals surface area (Å²) in [6.45, 7) is 1.47. The lowest BCUT2D eigenvalue weighted by Gasteiger charge is -2.26. The number of hydrogen-bond acceptors (Lipinski definition) is 3. The second-order valence-electron chi connectivity index (χ2n) is 4.97. The Morgan fingerprint density at radius 3 is 2.33 bits per heavy atom. The highest BCUT2D eigenvalue weighted by molar-refractivity contribution is 6.24. The number of hydrogen-bond donors (Lipinski definition) is 0. The lowest BCUT2D eigenvalue weighted by Crippen LogP contribution is -2.42. The number of carbonyl (C=O) groups is 3. The molecule has 1 aliphatic heterocycles. The van der Waals surface area contributed by atoms with Crippen LogP contribution in [0.5, 0.6) is 0 Å². The van der Waals surface area contributed by atoms with Crippen LogP contribution in [0.4, 0.5) is 5.69 Å². The predicted octanol–water partition coefficient (Wildman–Crippen LogP) is 2.62. The van der Waals surface area contributed by atoms with Crippen LogP contribution in [-0.2, 0) is 11.2 Å². The first-order valence-electron chi connectivity index (χ1n) is 6.64. The number of imide groups is 1. The summed E-state index contributed by atoms with van der Waals surface area (Å²) in [6, 6.07) is 13.6. The minimum absolute atomic E-state index is 0.0526. The molecule has 0 radical (unpaired) electrons. The Kier molecular flexibility index (Phi) is 3.14. The van der Waals surface area contributed by atoms with Crippen LogP contribution in [0.2, 0.25) is 0 Å². The first kappa shape index (κ1) is 13.2. The van der Waals surface area contributed by atoms with E-state index in [1.54, 1.807) is 42.5 Å². The number of carbonyl (C=O) groups excluding carboxylic acids is 3. The molecule has 4 nitrogen and oxygen atoms in total. The molecule has 104 valence electrons. The maximum Gasteiger partial charge on any atom is 0.265 e. The summed E-state index contributed by atoms with van der Waals surface area (Å²) in [4.78, 5) is 37.2. The molecule has 0 N–H and O–H groups in total. The van der Waals surface area contributed by atoms with Gasteiger partial charge in [-0.15, -0.1) is 0 Å². The average Bonchev–Trinajstić information content (AvgIpc) is 2.48. The van der Waals surface area contributed by atoms with Gasteiger partial charge in [0, 0.05) is 11.1 Å². The van der Waals surface area contributed by atoms with Gasteiger partial charge in [-0.05, 0) is 42.8 Å². The van der Waals surface area contributed by atoms with Crippen LogP contribution in [0.3, 0.4) is 0 Å². The highest BCUT2D eigenvalue weighted by Gasteiger charge is 2.31. The van der Waals surface area contributed by atoms with Crippen LogP contribution >= 0.6 is 0 Å². The van der Waals surface area contributed by atoms with Gasteiger partial charge in [-0.25, -0.2) is 4.90 Å². The van der Waals surface area contributed by atoms with Gasteiger partial charge in [0.15, 0.2) is 5.78 Å². The topological polar surface area (TPSA) is 54.5 Å². The summed E-state index contributed by atoms with van der Waals surface area (Å²) >= 11 is 0. The van der Waals surface area contributed by atoms with E-state index >= 15 is 0 Å². The van der Waals surface area contributed by atoms with Crippen molar-refractivity contribution in [3.05, 3.63) is 65.2 Å². The summed E-state index contributed by atoms with van der Waals surface area (Å²) in [5.74, 6) is -0.630. The quantitative estimate of drug-likeness (QED) is 0.627. The molecule has 3 rings (SSSR count). The first-order valence-corrected chi connectivity index (χ1v) is 6.64. The smallest absolute Gasteiger partial charge is 0.265 e. The highest BCUT2D eigenvalue weighted by Crippen LogP contribution is 2.25. The molecule has 4 heteroatoms. The molecule has 0 aliphatic carbocycles. The normalized spacial score (nSPS) is 14.0. The molecule has 0 bridgehead atoms. The van der Waals surface area contributed by atoms with Crippen molar-refractivity contribution in [1.29, 1.82) is 0 Å². The summed E-state index contributed by atoms with van der Waals surface area (Å²) in [6.07, 6.45) is 0.205. The first-order chi connectivity index (χ1) is 10.1. The Morgan fingerprint density at radius 1 is 1.00 bits per heavy atom. The largest absolute Gasteiger partial charge is 0.295 e. The van der Waals surface area contributed by atoms with E-state index in [-0.39, 0.29) is 24.0 Å². The van der Waals surface area contributed by atoms with Gasteiger partial charge in [0.1, 0.15) is 0 Å². The number of nitrogens with zero attached hydrogens (tertiary/aromatic N) is 1. The van der Waals surface area contributed by atoms with E-state index < -0.39 is 0 Å². The number of amides is 2. The molecule has 0 unspecified atom stereocenters. The van der Waals surface area contributed by atoms with Crippen LogP contribution in [-0.4, -0.2) is 17.6 Å². The maximum absolute atomic E-state index is 12.5. The van der Waals surface area contributed by atoms with E-state index in [2.05, 4.69) is 0 Å².